The molecule has 0 bridgehead atoms. The summed E-state index contributed by atoms with van der Waals surface area (Å²) in [6, 6.07) is 5.67. The van der Waals surface area contributed by atoms with Crippen molar-refractivity contribution >= 4 is 40.9 Å². The van der Waals surface area contributed by atoms with Gasteiger partial charge in [-0.05, 0) is 98.9 Å². The van der Waals surface area contributed by atoms with E-state index in [0.29, 0.717) is 34.0 Å². The molecule has 3 aromatic heterocycles. The van der Waals surface area contributed by atoms with Gasteiger partial charge in [-0.1, -0.05) is 0 Å². The van der Waals surface area contributed by atoms with E-state index in [4.69, 9.17) is 18.9 Å². The SMILES string of the molecule is COc1cc(F)ccc1-c1cc(Cn2cnc3c(N(C(=O)OC(C)(C)C)C(=O)OC(C)(C)C)ncnc32)c(N2CCCC(NC(=O)OC(C)(C)C)(C(O)C(F)F)C2)cn1. The van der Waals surface area contributed by atoms with Crippen molar-refractivity contribution in [2.24, 2.45) is 0 Å². The van der Waals surface area contributed by atoms with E-state index in [2.05, 4.69) is 25.3 Å². The van der Waals surface area contributed by atoms with Gasteiger partial charge in [0.15, 0.2) is 17.0 Å². The summed E-state index contributed by atoms with van der Waals surface area (Å²) in [5.74, 6) is -0.544. The van der Waals surface area contributed by atoms with Crippen LogP contribution in [0.2, 0.25) is 0 Å². The smallest absolute Gasteiger partial charge is 0.425 e. The van der Waals surface area contributed by atoms with Gasteiger partial charge in [-0.2, -0.15) is 4.90 Å². The fourth-order valence-electron chi connectivity index (χ4n) is 6.57. The number of alkyl carbamates (subject to hydrolysis) is 1. The molecule has 0 saturated carbocycles. The summed E-state index contributed by atoms with van der Waals surface area (Å²) in [6.45, 7) is 14.8. The maximum atomic E-state index is 14.4. The lowest BCUT2D eigenvalue weighted by Crippen LogP contribution is -2.67. The number of ether oxygens (including phenoxy) is 4. The number of halogens is 3. The van der Waals surface area contributed by atoms with Crippen LogP contribution in [-0.2, 0) is 20.8 Å². The third-order valence-corrected chi connectivity index (χ3v) is 8.91. The van der Waals surface area contributed by atoms with Crippen LogP contribution in [0.4, 0.5) is 39.1 Å². The Balaban J connectivity index is 1.63. The van der Waals surface area contributed by atoms with Crippen molar-refractivity contribution in [2.45, 2.75) is 117 Å². The summed E-state index contributed by atoms with van der Waals surface area (Å²) in [6.07, 6.45) is -4.19. The molecule has 19 heteroatoms. The molecule has 320 valence electrons. The van der Waals surface area contributed by atoms with Gasteiger partial charge in [-0.25, -0.2) is 42.5 Å². The van der Waals surface area contributed by atoms with Crippen molar-refractivity contribution in [3.8, 4) is 17.0 Å². The average Bonchev–Trinajstić information content (AvgIpc) is 3.52. The molecule has 5 rings (SSSR count). The molecule has 3 amide bonds. The molecule has 2 atom stereocenters. The number of pyridine rings is 1. The van der Waals surface area contributed by atoms with Crippen LogP contribution in [0, 0.1) is 5.82 Å². The second kappa shape index (κ2) is 16.9. The average molecular weight is 829 g/mol. The molecule has 4 heterocycles. The number of methoxy groups -OCH3 is 1. The van der Waals surface area contributed by atoms with E-state index >= 15 is 0 Å². The minimum Gasteiger partial charge on any atom is -0.496 e. The highest BCUT2D eigenvalue weighted by Gasteiger charge is 2.48. The standard InChI is InChI=1S/C40H51F3N8O8/c1-37(2,3)57-34(53)48-40(30(52)31(42)43)14-11-15-49(20-40)27-18-44-26(25-13-12-24(41)17-28(25)56-10)16-23(27)19-50-22-47-29-32(50)45-21-46-33(29)51(35(54)58-38(4,5)6)36(55)59-39(7,8)9/h12-13,16-18,21-22,30-31,52H,11,14-15,19-20H2,1-10H3,(H,48,53). The minimum atomic E-state index is -3.21. The van der Waals surface area contributed by atoms with Gasteiger partial charge < -0.3 is 38.8 Å². The van der Waals surface area contributed by atoms with Crippen molar-refractivity contribution in [1.82, 2.24) is 29.8 Å². The van der Waals surface area contributed by atoms with Crippen molar-refractivity contribution in [3.05, 3.63) is 54.5 Å². The molecule has 16 nitrogen and oxygen atoms in total. The first kappa shape index (κ1) is 44.4. The number of anilines is 2. The first-order valence-electron chi connectivity index (χ1n) is 18.9. The maximum Gasteiger partial charge on any atom is 0.425 e. The number of carbonyl (C=O) groups is 3. The quantitative estimate of drug-likeness (QED) is 0.161. The molecule has 1 aliphatic heterocycles. The van der Waals surface area contributed by atoms with Crippen LogP contribution in [0.3, 0.4) is 0 Å². The fraction of sp³-hybridized carbons (Fsp3) is 0.525. The number of aliphatic hydroxyl groups is 1. The van der Waals surface area contributed by atoms with Gasteiger partial charge >= 0.3 is 18.3 Å². The Morgan fingerprint density at radius 1 is 0.932 bits per heavy atom. The normalized spacial score (nSPS) is 16.8. The molecule has 0 radical (unpaired) electrons. The Labute approximate surface area is 340 Å². The lowest BCUT2D eigenvalue weighted by Gasteiger charge is -2.46. The van der Waals surface area contributed by atoms with E-state index in [1.54, 1.807) is 77.8 Å². The largest absolute Gasteiger partial charge is 0.496 e. The van der Waals surface area contributed by atoms with Gasteiger partial charge in [0.2, 0.25) is 0 Å². The Morgan fingerprint density at radius 3 is 2.17 bits per heavy atom. The first-order valence-corrected chi connectivity index (χ1v) is 18.9. The van der Waals surface area contributed by atoms with E-state index < -0.39 is 59.0 Å². The number of amides is 3. The number of hydrogen-bond donors (Lipinski definition) is 2. The zero-order chi connectivity index (χ0) is 43.7. The second-order valence-corrected chi connectivity index (χ2v) is 17.2. The van der Waals surface area contributed by atoms with Crippen LogP contribution in [0.1, 0.15) is 80.7 Å². The highest BCUT2D eigenvalue weighted by molar-refractivity contribution is 6.12. The number of carbonyl (C=O) groups excluding carboxylic acids is 3. The molecule has 1 fully saturated rings. The molecule has 1 saturated heterocycles. The van der Waals surface area contributed by atoms with E-state index in [0.717, 1.165) is 6.33 Å². The van der Waals surface area contributed by atoms with Gasteiger partial charge in [0, 0.05) is 24.7 Å². The number of benzene rings is 1. The highest BCUT2D eigenvalue weighted by Crippen LogP contribution is 2.37. The topological polar surface area (TPSA) is 183 Å². The predicted molar refractivity (Wildman–Crippen MR) is 211 cm³/mol. The van der Waals surface area contributed by atoms with Gasteiger partial charge in [-0.15, -0.1) is 0 Å². The highest BCUT2D eigenvalue weighted by atomic mass is 19.3. The number of nitrogens with one attached hydrogen (secondary N) is 1. The van der Waals surface area contributed by atoms with Crippen LogP contribution in [0.15, 0.2) is 43.1 Å². The number of imidazole rings is 1. The predicted octanol–water partition coefficient (Wildman–Crippen LogP) is 7.25. The first-order chi connectivity index (χ1) is 27.4. The number of aliphatic hydroxyl groups excluding tert-OH is 1. The number of hydrogen-bond acceptors (Lipinski definition) is 13. The molecule has 1 aromatic carbocycles. The molecule has 2 unspecified atom stereocenters. The van der Waals surface area contributed by atoms with E-state index in [9.17, 15) is 32.7 Å². The zero-order valence-corrected chi connectivity index (χ0v) is 34.8. The van der Waals surface area contributed by atoms with Crippen molar-refractivity contribution < 1.29 is 51.6 Å². The number of fused-ring (bicyclic) bond motifs is 1. The summed E-state index contributed by atoms with van der Waals surface area (Å²) < 4.78 is 66.5. The fourth-order valence-corrected chi connectivity index (χ4v) is 6.57. The summed E-state index contributed by atoms with van der Waals surface area (Å²) in [5, 5.41) is 13.5. The second-order valence-electron chi connectivity index (χ2n) is 17.2. The molecule has 2 N–H and O–H groups in total. The molecule has 0 aliphatic carbocycles. The van der Waals surface area contributed by atoms with Crippen LogP contribution in [0.5, 0.6) is 5.75 Å². The lowest BCUT2D eigenvalue weighted by molar-refractivity contribution is -0.0664. The number of imide groups is 1. The van der Waals surface area contributed by atoms with Gasteiger partial charge in [-0.3, -0.25) is 4.98 Å². The van der Waals surface area contributed by atoms with E-state index in [-0.39, 0.29) is 48.7 Å². The summed E-state index contributed by atoms with van der Waals surface area (Å²) in [5.41, 5.74) is -2.77. The molecular formula is C40H51F3N8O8. The van der Waals surface area contributed by atoms with E-state index in [1.807, 2.05) is 0 Å². The number of rotatable bonds is 9. The molecular weight excluding hydrogens is 777 g/mol. The molecule has 59 heavy (non-hydrogen) atoms. The van der Waals surface area contributed by atoms with Crippen molar-refractivity contribution in [3.63, 3.8) is 0 Å². The Bertz CT molecular complexity index is 2150. The van der Waals surface area contributed by atoms with Gasteiger partial charge in [0.25, 0.3) is 6.43 Å². The van der Waals surface area contributed by atoms with Crippen LogP contribution in [0.25, 0.3) is 22.4 Å². The number of nitrogens with zero attached hydrogens (tertiary/aromatic N) is 7. The third kappa shape index (κ3) is 10.7. The Kier molecular flexibility index (Phi) is 12.7. The molecule has 4 aromatic rings. The third-order valence-electron chi connectivity index (χ3n) is 8.91. The zero-order valence-electron chi connectivity index (χ0n) is 34.8. The monoisotopic (exact) mass is 828 g/mol. The number of piperidine rings is 1. The lowest BCUT2D eigenvalue weighted by atomic mass is 9.83. The number of alkyl halides is 2. The van der Waals surface area contributed by atoms with Crippen LogP contribution in [-0.4, -0.2) is 103 Å². The Morgan fingerprint density at radius 2 is 1.58 bits per heavy atom. The van der Waals surface area contributed by atoms with Gasteiger partial charge in [0.1, 0.15) is 40.8 Å². The van der Waals surface area contributed by atoms with Gasteiger partial charge in [0.05, 0.1) is 43.1 Å². The van der Waals surface area contributed by atoms with Crippen molar-refractivity contribution in [1.29, 1.82) is 0 Å². The summed E-state index contributed by atoms with van der Waals surface area (Å²) in [7, 11) is 1.39. The summed E-state index contributed by atoms with van der Waals surface area (Å²) in [4.78, 5) is 60.3. The summed E-state index contributed by atoms with van der Waals surface area (Å²) >= 11 is 0. The van der Waals surface area contributed by atoms with Crippen molar-refractivity contribution in [2.75, 3.05) is 30.0 Å². The minimum absolute atomic E-state index is 0.0133. The van der Waals surface area contributed by atoms with E-state index in [1.165, 1.54) is 37.8 Å². The number of aromatic nitrogens is 5. The Hall–Kier alpha value is -5.72. The maximum absolute atomic E-state index is 14.4. The molecule has 1 aliphatic rings. The molecule has 0 spiro atoms. The van der Waals surface area contributed by atoms with Crippen LogP contribution < -0.4 is 19.9 Å². The van der Waals surface area contributed by atoms with Crippen LogP contribution >= 0.6 is 0 Å².